The minimum absolute atomic E-state index is 0.159. The molecule has 1 aliphatic rings. The Labute approximate surface area is 114 Å². The molecule has 1 aromatic heterocycles. The van der Waals surface area contributed by atoms with Crippen LogP contribution in [0.4, 0.5) is 4.39 Å². The molecule has 2 aromatic rings. The molecule has 1 saturated carbocycles. The van der Waals surface area contributed by atoms with Crippen molar-refractivity contribution >= 4 is 22.7 Å². The first kappa shape index (κ1) is 12.8. The van der Waals surface area contributed by atoms with E-state index in [4.69, 9.17) is 0 Å². The van der Waals surface area contributed by atoms with E-state index in [1.165, 1.54) is 12.1 Å². The average molecular weight is 275 g/mol. The van der Waals surface area contributed by atoms with Gasteiger partial charge in [0, 0.05) is 28.6 Å². The van der Waals surface area contributed by atoms with Crippen LogP contribution in [0.3, 0.4) is 0 Å². The third-order valence-electron chi connectivity index (χ3n) is 4.08. The monoisotopic (exact) mass is 275 g/mol. The zero-order chi connectivity index (χ0) is 14.3. The van der Waals surface area contributed by atoms with Gasteiger partial charge in [0.25, 0.3) is 0 Å². The first-order valence-corrected chi connectivity index (χ1v) is 6.61. The lowest BCUT2D eigenvalue weighted by Crippen LogP contribution is -2.25. The van der Waals surface area contributed by atoms with E-state index in [-0.39, 0.29) is 11.6 Å². The first-order valence-electron chi connectivity index (χ1n) is 6.61. The summed E-state index contributed by atoms with van der Waals surface area (Å²) in [5.41, 5.74) is 1.01. The van der Waals surface area contributed by atoms with Gasteiger partial charge in [-0.2, -0.15) is 0 Å². The van der Waals surface area contributed by atoms with Gasteiger partial charge in [0.15, 0.2) is 5.78 Å². The maximum atomic E-state index is 13.1. The van der Waals surface area contributed by atoms with Crippen molar-refractivity contribution in [2.75, 3.05) is 0 Å². The highest BCUT2D eigenvalue weighted by Crippen LogP contribution is 2.35. The van der Waals surface area contributed by atoms with Crippen molar-refractivity contribution in [2.45, 2.75) is 19.3 Å². The number of hydrogen-bond donors (Lipinski definition) is 2. The summed E-state index contributed by atoms with van der Waals surface area (Å²) < 4.78 is 13.1. The van der Waals surface area contributed by atoms with Crippen LogP contribution in [0.5, 0.6) is 0 Å². The molecular formula is C15H14FNO3. The van der Waals surface area contributed by atoms with Crippen LogP contribution >= 0.6 is 0 Å². The number of aromatic amines is 1. The number of nitrogens with one attached hydrogen (secondary N) is 1. The molecule has 1 aliphatic carbocycles. The van der Waals surface area contributed by atoms with Crippen LogP contribution in [0, 0.1) is 17.7 Å². The van der Waals surface area contributed by atoms with Crippen LogP contribution in [0.1, 0.15) is 29.6 Å². The van der Waals surface area contributed by atoms with Gasteiger partial charge < -0.3 is 10.1 Å². The van der Waals surface area contributed by atoms with Gasteiger partial charge in [-0.3, -0.25) is 9.59 Å². The van der Waals surface area contributed by atoms with E-state index >= 15 is 0 Å². The van der Waals surface area contributed by atoms with Gasteiger partial charge in [-0.15, -0.1) is 0 Å². The topological polar surface area (TPSA) is 70.2 Å². The van der Waals surface area contributed by atoms with Gasteiger partial charge in [0.2, 0.25) is 0 Å². The van der Waals surface area contributed by atoms with Crippen molar-refractivity contribution in [1.29, 1.82) is 0 Å². The Morgan fingerprint density at radius 2 is 2.00 bits per heavy atom. The Morgan fingerprint density at radius 1 is 1.25 bits per heavy atom. The maximum absolute atomic E-state index is 13.1. The molecule has 0 radical (unpaired) electrons. The lowest BCUT2D eigenvalue weighted by atomic mass is 9.88. The van der Waals surface area contributed by atoms with Gasteiger partial charge in [-0.25, -0.2) is 4.39 Å². The molecule has 1 heterocycles. The van der Waals surface area contributed by atoms with Crippen molar-refractivity contribution in [3.05, 3.63) is 35.8 Å². The van der Waals surface area contributed by atoms with Crippen molar-refractivity contribution in [3.8, 4) is 0 Å². The molecule has 4 nitrogen and oxygen atoms in total. The van der Waals surface area contributed by atoms with Crippen LogP contribution in [0.25, 0.3) is 10.9 Å². The number of fused-ring (bicyclic) bond motifs is 1. The molecule has 0 bridgehead atoms. The van der Waals surface area contributed by atoms with Crippen LogP contribution < -0.4 is 0 Å². The molecule has 0 aliphatic heterocycles. The fourth-order valence-corrected chi connectivity index (χ4v) is 3.07. The molecule has 104 valence electrons. The predicted molar refractivity (Wildman–Crippen MR) is 71.1 cm³/mol. The van der Waals surface area contributed by atoms with E-state index in [9.17, 15) is 19.1 Å². The molecule has 2 unspecified atom stereocenters. The van der Waals surface area contributed by atoms with Crippen molar-refractivity contribution in [3.63, 3.8) is 0 Å². The van der Waals surface area contributed by atoms with Crippen molar-refractivity contribution in [1.82, 2.24) is 4.98 Å². The summed E-state index contributed by atoms with van der Waals surface area (Å²) in [6.45, 7) is 0. The Hall–Kier alpha value is -2.17. The molecule has 2 N–H and O–H groups in total. The highest BCUT2D eigenvalue weighted by atomic mass is 19.1. The quantitative estimate of drug-likeness (QED) is 0.846. The normalized spacial score (nSPS) is 22.2. The van der Waals surface area contributed by atoms with E-state index < -0.39 is 17.8 Å². The second-order valence-corrected chi connectivity index (χ2v) is 5.24. The van der Waals surface area contributed by atoms with Gasteiger partial charge in [0.05, 0.1) is 5.92 Å². The third-order valence-corrected chi connectivity index (χ3v) is 4.08. The zero-order valence-corrected chi connectivity index (χ0v) is 10.7. The molecule has 3 rings (SSSR count). The number of carbonyl (C=O) groups excluding carboxylic acids is 1. The minimum Gasteiger partial charge on any atom is -0.481 e. The fraction of sp³-hybridized carbons (Fsp3) is 0.333. The predicted octanol–water partition coefficient (Wildman–Crippen LogP) is 2.99. The number of hydrogen-bond acceptors (Lipinski definition) is 2. The van der Waals surface area contributed by atoms with Crippen LogP contribution in [-0.4, -0.2) is 21.8 Å². The molecule has 20 heavy (non-hydrogen) atoms. The van der Waals surface area contributed by atoms with E-state index in [2.05, 4.69) is 4.98 Å². The molecule has 5 heteroatoms. The Kier molecular flexibility index (Phi) is 3.04. The Balaban J connectivity index is 1.98. The SMILES string of the molecule is O=C(O)C1CCCC1C(=O)c1c[nH]c2cc(F)ccc12. The van der Waals surface area contributed by atoms with E-state index in [0.717, 1.165) is 6.42 Å². The summed E-state index contributed by atoms with van der Waals surface area (Å²) in [4.78, 5) is 26.6. The number of H-pyrrole nitrogens is 1. The number of Topliss-reactive ketones (excluding diaryl/α,β-unsaturated/α-hetero) is 1. The third kappa shape index (κ3) is 1.99. The van der Waals surface area contributed by atoms with Gasteiger partial charge in [0.1, 0.15) is 5.82 Å². The number of ketones is 1. The zero-order valence-electron chi connectivity index (χ0n) is 10.7. The van der Waals surface area contributed by atoms with Crippen LogP contribution in [0.15, 0.2) is 24.4 Å². The van der Waals surface area contributed by atoms with Crippen LogP contribution in [0.2, 0.25) is 0 Å². The highest BCUT2D eigenvalue weighted by Gasteiger charge is 2.38. The van der Waals surface area contributed by atoms with E-state index in [1.807, 2.05) is 0 Å². The van der Waals surface area contributed by atoms with Gasteiger partial charge >= 0.3 is 5.97 Å². The molecule has 0 saturated heterocycles. The second-order valence-electron chi connectivity index (χ2n) is 5.24. The number of halogens is 1. The summed E-state index contributed by atoms with van der Waals surface area (Å²) in [7, 11) is 0. The Morgan fingerprint density at radius 3 is 2.75 bits per heavy atom. The standard InChI is InChI=1S/C15H14FNO3/c16-8-4-5-9-12(7-17-13(9)6-8)14(18)10-2-1-3-11(10)15(19)20/h4-7,10-11,17H,1-3H2,(H,19,20). The summed E-state index contributed by atoms with van der Waals surface area (Å²) in [6, 6.07) is 4.19. The van der Waals surface area contributed by atoms with Crippen molar-refractivity contribution < 1.29 is 19.1 Å². The smallest absolute Gasteiger partial charge is 0.307 e. The molecule has 2 atom stereocenters. The number of aromatic nitrogens is 1. The van der Waals surface area contributed by atoms with E-state index in [1.54, 1.807) is 12.3 Å². The van der Waals surface area contributed by atoms with Crippen molar-refractivity contribution in [2.24, 2.45) is 11.8 Å². The molecule has 1 aromatic carbocycles. The number of carbonyl (C=O) groups is 2. The number of benzene rings is 1. The molecule has 0 spiro atoms. The van der Waals surface area contributed by atoms with Gasteiger partial charge in [-0.1, -0.05) is 6.42 Å². The first-order chi connectivity index (χ1) is 9.58. The van der Waals surface area contributed by atoms with E-state index in [0.29, 0.717) is 29.3 Å². The molecule has 0 amide bonds. The second kappa shape index (κ2) is 4.74. The Bertz CT molecular complexity index is 691. The fourth-order valence-electron chi connectivity index (χ4n) is 3.07. The maximum Gasteiger partial charge on any atom is 0.307 e. The number of carboxylic acid groups (broad SMARTS) is 1. The average Bonchev–Trinajstić information content (AvgIpc) is 3.03. The summed E-state index contributed by atoms with van der Waals surface area (Å²) in [5.74, 6) is -2.52. The van der Waals surface area contributed by atoms with Gasteiger partial charge in [-0.05, 0) is 31.0 Å². The molecular weight excluding hydrogens is 261 g/mol. The lowest BCUT2D eigenvalue weighted by molar-refractivity contribution is -0.142. The highest BCUT2D eigenvalue weighted by molar-refractivity contribution is 6.09. The van der Waals surface area contributed by atoms with Crippen LogP contribution in [-0.2, 0) is 4.79 Å². The summed E-state index contributed by atoms with van der Waals surface area (Å²) in [5, 5.41) is 9.82. The molecule has 1 fully saturated rings. The lowest BCUT2D eigenvalue weighted by Gasteiger charge is -2.13. The largest absolute Gasteiger partial charge is 0.481 e. The summed E-state index contributed by atoms with van der Waals surface area (Å²) >= 11 is 0. The number of carboxylic acids is 1. The minimum atomic E-state index is -0.910. The number of aliphatic carboxylic acids is 1. The summed E-state index contributed by atoms with van der Waals surface area (Å²) in [6.07, 6.45) is 3.44. The number of rotatable bonds is 3.